The molecule has 216 valence electrons. The van der Waals surface area contributed by atoms with E-state index in [1.165, 1.54) is 17.1 Å². The first kappa shape index (κ1) is 35.3. The average Bonchev–Trinajstić information content (AvgIpc) is 3.34. The molecule has 2 aliphatic rings. The highest BCUT2D eigenvalue weighted by Gasteiger charge is 2.35. The summed E-state index contributed by atoms with van der Waals surface area (Å²) in [5.74, 6) is -1.28. The van der Waals surface area contributed by atoms with Crippen LogP contribution in [0.4, 0.5) is 0 Å². The van der Waals surface area contributed by atoms with E-state index < -0.39 is 0 Å². The van der Waals surface area contributed by atoms with Crippen LogP contribution in [0.3, 0.4) is 0 Å². The van der Waals surface area contributed by atoms with Crippen LogP contribution in [0.5, 0.6) is 0 Å². The topological polar surface area (TPSA) is 134 Å². The van der Waals surface area contributed by atoms with Gasteiger partial charge in [0.1, 0.15) is 0 Å². The van der Waals surface area contributed by atoms with Gasteiger partial charge in [0.2, 0.25) is 17.7 Å². The highest BCUT2D eigenvalue weighted by molar-refractivity contribution is 7.79. The molecule has 1 atom stereocenters. The van der Waals surface area contributed by atoms with Crippen LogP contribution >= 0.6 is 12.6 Å². The molecule has 0 saturated carbocycles. The molecule has 11 nitrogen and oxygen atoms in total. The van der Waals surface area contributed by atoms with E-state index in [9.17, 15) is 24.0 Å². The maximum Gasteiger partial charge on any atom is 0.253 e. The average molecular weight is 557 g/mol. The van der Waals surface area contributed by atoms with Crippen LogP contribution in [0.2, 0.25) is 0 Å². The lowest BCUT2D eigenvalue weighted by Crippen LogP contribution is -2.35. The molecule has 0 aromatic heterocycles. The zero-order valence-corrected chi connectivity index (χ0v) is 24.0. The molecule has 2 heterocycles. The fourth-order valence-electron chi connectivity index (χ4n) is 3.45. The first-order chi connectivity index (χ1) is 18.2. The van der Waals surface area contributed by atoms with Gasteiger partial charge in [-0.25, -0.2) is 0 Å². The molecule has 1 saturated heterocycles. The fourth-order valence-corrected chi connectivity index (χ4v) is 3.45. The highest BCUT2D eigenvalue weighted by atomic mass is 32.1. The molecule has 38 heavy (non-hydrogen) atoms. The van der Waals surface area contributed by atoms with Gasteiger partial charge in [0.15, 0.2) is 0 Å². The minimum absolute atomic E-state index is 0.127. The van der Waals surface area contributed by atoms with Gasteiger partial charge in [-0.1, -0.05) is 13.5 Å². The molecule has 1 fully saturated rings. The van der Waals surface area contributed by atoms with Gasteiger partial charge in [-0.05, 0) is 31.9 Å². The number of carbonyl (C=O) groups excluding carboxylic acids is 5. The summed E-state index contributed by atoms with van der Waals surface area (Å²) in [6, 6.07) is 0. The summed E-state index contributed by atoms with van der Waals surface area (Å²) in [6.45, 7) is 8.73. The Balaban J connectivity index is 0.000000680. The summed E-state index contributed by atoms with van der Waals surface area (Å²) >= 11 is 3.53. The predicted molar refractivity (Wildman–Crippen MR) is 148 cm³/mol. The van der Waals surface area contributed by atoms with E-state index in [-0.39, 0.29) is 61.4 Å². The van der Waals surface area contributed by atoms with Gasteiger partial charge < -0.3 is 20.1 Å². The number of thiol groups is 1. The normalized spacial score (nSPS) is 16.2. The van der Waals surface area contributed by atoms with Gasteiger partial charge in [-0.2, -0.15) is 12.6 Å². The molecule has 0 bridgehead atoms. The number of rotatable bonds is 16. The summed E-state index contributed by atoms with van der Waals surface area (Å²) in [6.07, 6.45) is 8.37. The van der Waals surface area contributed by atoms with Crippen molar-refractivity contribution in [3.63, 3.8) is 0 Å². The van der Waals surface area contributed by atoms with Crippen LogP contribution in [0.15, 0.2) is 24.4 Å². The molecule has 1 unspecified atom stereocenters. The second-order valence-electron chi connectivity index (χ2n) is 8.61. The number of methoxy groups -OCH3 is 2. The zero-order valence-electron chi connectivity index (χ0n) is 23.1. The van der Waals surface area contributed by atoms with E-state index >= 15 is 0 Å². The quantitative estimate of drug-likeness (QED) is 0.147. The van der Waals surface area contributed by atoms with E-state index in [0.717, 1.165) is 43.7 Å². The number of imide groups is 2. The summed E-state index contributed by atoms with van der Waals surface area (Å²) in [5, 5.41) is 5.85. The predicted octanol–water partition coefficient (Wildman–Crippen LogP) is 1.30. The second-order valence-corrected chi connectivity index (χ2v) is 8.61. The summed E-state index contributed by atoms with van der Waals surface area (Å²) in [4.78, 5) is 59.5. The molecule has 0 aromatic rings. The lowest BCUT2D eigenvalue weighted by Gasteiger charge is -2.16. The summed E-state index contributed by atoms with van der Waals surface area (Å²) in [7, 11) is 3.31. The molecule has 2 N–H and O–H groups in total. The maximum atomic E-state index is 11.6. The Kier molecular flexibility index (Phi) is 19.7. The molecule has 0 aromatic carbocycles. The number of hydrogen-bond acceptors (Lipinski definition) is 9. The summed E-state index contributed by atoms with van der Waals surface area (Å²) in [5.41, 5.74) is 0.674. The Hall–Kier alpha value is -2.70. The van der Waals surface area contributed by atoms with Gasteiger partial charge in [0.25, 0.3) is 11.8 Å². The zero-order chi connectivity index (χ0) is 28.9. The number of amides is 5. The molecule has 5 amide bonds. The van der Waals surface area contributed by atoms with Gasteiger partial charge in [-0.15, -0.1) is 0 Å². The monoisotopic (exact) mass is 556 g/mol. The van der Waals surface area contributed by atoms with Crippen molar-refractivity contribution in [2.24, 2.45) is 5.92 Å². The molecule has 0 aliphatic carbocycles. The van der Waals surface area contributed by atoms with Crippen molar-refractivity contribution in [2.75, 3.05) is 59.9 Å². The van der Waals surface area contributed by atoms with E-state index in [0.29, 0.717) is 18.8 Å². The van der Waals surface area contributed by atoms with E-state index in [1.807, 2.05) is 0 Å². The molecule has 2 rings (SSSR count). The highest BCUT2D eigenvalue weighted by Crippen LogP contribution is 2.18. The number of hydrogen-bond donors (Lipinski definition) is 3. The third-order valence-corrected chi connectivity index (χ3v) is 5.53. The standard InChI is InChI=1S/C13H22N2O4.C12H18N2O3.CH4S/c1-10-9-12(17)15(13(10)18)7-5-11(16)14-6-3-4-8-19-2;1-10(13-7-3-4-8-17-2)9-14-11(15)5-6-12(14)16;1-2/h10H,3-9H2,1-2H3,(H,14,16);5-6,13H,1,3-4,7-9H2,2H3;2H,1H3. The van der Waals surface area contributed by atoms with Crippen molar-refractivity contribution in [2.45, 2.75) is 45.4 Å². The number of nitrogens with zero attached hydrogens (tertiary/aromatic N) is 2. The molecule has 0 spiro atoms. The van der Waals surface area contributed by atoms with Gasteiger partial charge in [-0.3, -0.25) is 33.8 Å². The van der Waals surface area contributed by atoms with Crippen LogP contribution in [0.1, 0.15) is 45.4 Å². The maximum absolute atomic E-state index is 11.6. The van der Waals surface area contributed by atoms with Gasteiger partial charge in [0, 0.05) is 83.7 Å². The first-order valence-electron chi connectivity index (χ1n) is 12.7. The van der Waals surface area contributed by atoms with Crippen LogP contribution in [0.25, 0.3) is 0 Å². The van der Waals surface area contributed by atoms with E-state index in [4.69, 9.17) is 9.47 Å². The minimum Gasteiger partial charge on any atom is -0.387 e. The number of carbonyl (C=O) groups is 5. The van der Waals surface area contributed by atoms with Crippen molar-refractivity contribution < 1.29 is 33.4 Å². The fraction of sp³-hybridized carbons (Fsp3) is 0.654. The van der Waals surface area contributed by atoms with Crippen molar-refractivity contribution in [1.29, 1.82) is 0 Å². The molecule has 12 heteroatoms. The van der Waals surface area contributed by atoms with Crippen LogP contribution in [-0.2, 0) is 33.4 Å². The summed E-state index contributed by atoms with van der Waals surface area (Å²) < 4.78 is 9.83. The molecular formula is C26H44N4O7S. The third kappa shape index (κ3) is 14.3. The Bertz CT molecular complexity index is 801. The smallest absolute Gasteiger partial charge is 0.253 e. The first-order valence-corrected chi connectivity index (χ1v) is 13.6. The van der Waals surface area contributed by atoms with Crippen LogP contribution in [0, 0.1) is 5.92 Å². The largest absolute Gasteiger partial charge is 0.387 e. The Morgan fingerprint density at radius 2 is 1.47 bits per heavy atom. The molecule has 2 aliphatic heterocycles. The number of nitrogens with one attached hydrogen (secondary N) is 2. The lowest BCUT2D eigenvalue weighted by atomic mass is 10.1. The van der Waals surface area contributed by atoms with E-state index in [1.54, 1.807) is 27.4 Å². The molecular weight excluding hydrogens is 512 g/mol. The van der Waals surface area contributed by atoms with Gasteiger partial charge in [0.05, 0.1) is 6.54 Å². The number of unbranched alkanes of at least 4 members (excludes halogenated alkanes) is 2. The molecule has 0 radical (unpaired) electrons. The van der Waals surface area contributed by atoms with E-state index in [2.05, 4.69) is 29.8 Å². The Morgan fingerprint density at radius 1 is 0.947 bits per heavy atom. The minimum atomic E-state index is -0.280. The third-order valence-electron chi connectivity index (χ3n) is 5.53. The number of ether oxygens (including phenoxy) is 2. The van der Waals surface area contributed by atoms with Crippen molar-refractivity contribution in [3.8, 4) is 0 Å². The Morgan fingerprint density at radius 3 is 1.95 bits per heavy atom. The van der Waals surface area contributed by atoms with Crippen LogP contribution in [-0.4, -0.2) is 99.2 Å². The SMILES string of the molecule is C=C(CN1C(=O)C=CC1=O)NCCCCOC.COCCCCNC(=O)CCN1C(=O)CC(C)C1=O.CS. The van der Waals surface area contributed by atoms with Crippen LogP contribution < -0.4 is 10.6 Å². The van der Waals surface area contributed by atoms with Crippen molar-refractivity contribution in [3.05, 3.63) is 24.4 Å². The van der Waals surface area contributed by atoms with Crippen molar-refractivity contribution in [1.82, 2.24) is 20.4 Å². The second kappa shape index (κ2) is 21.3. The number of likely N-dealkylation sites (tertiary alicyclic amines) is 1. The van der Waals surface area contributed by atoms with Crippen molar-refractivity contribution >= 4 is 42.2 Å². The van der Waals surface area contributed by atoms with Gasteiger partial charge >= 0.3 is 0 Å². The lowest BCUT2D eigenvalue weighted by molar-refractivity contribution is -0.140. The Labute approximate surface area is 231 Å².